The number of hydrogen-bond acceptors (Lipinski definition) is 3. The smallest absolute Gasteiger partial charge is 0.124 e. The molecule has 3 heteroatoms. The van der Waals surface area contributed by atoms with Gasteiger partial charge in [-0.25, -0.2) is 0 Å². The van der Waals surface area contributed by atoms with Gasteiger partial charge in [0.1, 0.15) is 5.75 Å². The molecule has 2 rings (SSSR count). The lowest BCUT2D eigenvalue weighted by Gasteiger charge is -2.16. The van der Waals surface area contributed by atoms with Gasteiger partial charge in [-0.1, -0.05) is 18.2 Å². The molecule has 0 aromatic heterocycles. The number of ether oxygens (including phenoxy) is 1. The Morgan fingerprint density at radius 1 is 1.47 bits per heavy atom. The molecule has 0 amide bonds. The maximum Gasteiger partial charge on any atom is 0.124 e. The summed E-state index contributed by atoms with van der Waals surface area (Å²) < 4.78 is 5.92. The Bertz CT molecular complexity index is 365. The Balaban J connectivity index is 1.94. The molecule has 1 aromatic rings. The highest BCUT2D eigenvalue weighted by Crippen LogP contribution is 2.24. The number of rotatable bonds is 4. The van der Waals surface area contributed by atoms with Gasteiger partial charge >= 0.3 is 0 Å². The van der Waals surface area contributed by atoms with Crippen molar-refractivity contribution < 1.29 is 4.74 Å². The Hall–Kier alpha value is -1.06. The summed E-state index contributed by atoms with van der Waals surface area (Å²) in [6.45, 7) is 5.11. The molecule has 2 N–H and O–H groups in total. The number of hydrogen-bond donors (Lipinski definition) is 1. The van der Waals surface area contributed by atoms with Crippen LogP contribution in [-0.2, 0) is 0 Å². The molecule has 1 aliphatic rings. The molecule has 1 saturated heterocycles. The summed E-state index contributed by atoms with van der Waals surface area (Å²) in [6, 6.07) is 8.09. The molecule has 0 bridgehead atoms. The lowest BCUT2D eigenvalue weighted by molar-refractivity contribution is 0.246. The first kappa shape index (κ1) is 12.4. The van der Waals surface area contributed by atoms with Crippen molar-refractivity contribution in [2.75, 3.05) is 26.7 Å². The molecule has 1 heterocycles. The molecule has 1 aromatic carbocycles. The third kappa shape index (κ3) is 3.20. The summed E-state index contributed by atoms with van der Waals surface area (Å²) in [7, 11) is 2.16. The van der Waals surface area contributed by atoms with Crippen LogP contribution in [0.15, 0.2) is 24.3 Å². The van der Waals surface area contributed by atoms with Crippen LogP contribution in [-0.4, -0.2) is 31.6 Å². The van der Waals surface area contributed by atoms with E-state index in [9.17, 15) is 0 Å². The lowest BCUT2D eigenvalue weighted by Crippen LogP contribution is -2.18. The second-order valence-electron chi connectivity index (χ2n) is 5.05. The van der Waals surface area contributed by atoms with Crippen LogP contribution in [0, 0.1) is 5.92 Å². The number of likely N-dealkylation sites (tertiary alicyclic amines) is 1. The van der Waals surface area contributed by atoms with E-state index in [0.29, 0.717) is 5.92 Å². The third-order valence-corrected chi connectivity index (χ3v) is 3.37. The van der Waals surface area contributed by atoms with Crippen LogP contribution < -0.4 is 10.5 Å². The van der Waals surface area contributed by atoms with E-state index in [1.807, 2.05) is 31.2 Å². The van der Waals surface area contributed by atoms with E-state index < -0.39 is 0 Å². The van der Waals surface area contributed by atoms with Gasteiger partial charge in [0.15, 0.2) is 0 Å². The first-order valence-corrected chi connectivity index (χ1v) is 6.32. The molecule has 0 spiro atoms. The average Bonchev–Trinajstić information content (AvgIpc) is 2.73. The van der Waals surface area contributed by atoms with E-state index in [-0.39, 0.29) is 6.04 Å². The normalized spacial score (nSPS) is 22.6. The number of para-hydroxylation sites is 1. The van der Waals surface area contributed by atoms with E-state index in [0.717, 1.165) is 24.5 Å². The van der Waals surface area contributed by atoms with E-state index in [4.69, 9.17) is 10.5 Å². The monoisotopic (exact) mass is 234 g/mol. The molecule has 1 fully saturated rings. The van der Waals surface area contributed by atoms with Crippen LogP contribution in [0.4, 0.5) is 0 Å². The van der Waals surface area contributed by atoms with Crippen LogP contribution in [0.2, 0.25) is 0 Å². The molecule has 0 radical (unpaired) electrons. The van der Waals surface area contributed by atoms with Crippen LogP contribution in [0.1, 0.15) is 24.9 Å². The van der Waals surface area contributed by atoms with Gasteiger partial charge in [-0.05, 0) is 33.0 Å². The number of nitrogens with two attached hydrogens (primary N) is 1. The summed E-state index contributed by atoms with van der Waals surface area (Å²) in [5.41, 5.74) is 7.03. The Labute approximate surface area is 104 Å². The maximum absolute atomic E-state index is 5.93. The minimum Gasteiger partial charge on any atom is -0.493 e. The first-order chi connectivity index (χ1) is 8.16. The van der Waals surface area contributed by atoms with Crippen molar-refractivity contribution in [1.29, 1.82) is 0 Å². The van der Waals surface area contributed by atoms with Crippen LogP contribution in [0.3, 0.4) is 0 Å². The molecule has 1 aliphatic heterocycles. The molecule has 0 saturated carbocycles. The van der Waals surface area contributed by atoms with Gasteiger partial charge in [0.05, 0.1) is 6.61 Å². The fourth-order valence-electron chi connectivity index (χ4n) is 2.36. The summed E-state index contributed by atoms with van der Waals surface area (Å²) >= 11 is 0. The number of benzene rings is 1. The summed E-state index contributed by atoms with van der Waals surface area (Å²) in [6.07, 6.45) is 1.23. The fourth-order valence-corrected chi connectivity index (χ4v) is 2.36. The minimum atomic E-state index is 0.0254. The Morgan fingerprint density at radius 3 is 2.88 bits per heavy atom. The summed E-state index contributed by atoms with van der Waals surface area (Å²) in [4.78, 5) is 2.35. The van der Waals surface area contributed by atoms with Gasteiger partial charge in [0.25, 0.3) is 0 Å². The van der Waals surface area contributed by atoms with Gasteiger partial charge in [0, 0.05) is 24.1 Å². The van der Waals surface area contributed by atoms with E-state index >= 15 is 0 Å². The van der Waals surface area contributed by atoms with Gasteiger partial charge in [-0.15, -0.1) is 0 Å². The fraction of sp³-hybridized carbons (Fsp3) is 0.571. The zero-order chi connectivity index (χ0) is 12.3. The topological polar surface area (TPSA) is 38.5 Å². The molecule has 3 nitrogen and oxygen atoms in total. The van der Waals surface area contributed by atoms with Crippen molar-refractivity contribution in [1.82, 2.24) is 4.90 Å². The zero-order valence-electron chi connectivity index (χ0n) is 10.7. The van der Waals surface area contributed by atoms with E-state index in [1.54, 1.807) is 0 Å². The molecule has 94 valence electrons. The highest BCUT2D eigenvalue weighted by Gasteiger charge is 2.20. The minimum absolute atomic E-state index is 0.0254. The largest absolute Gasteiger partial charge is 0.493 e. The molecular weight excluding hydrogens is 212 g/mol. The second-order valence-corrected chi connectivity index (χ2v) is 5.05. The molecule has 17 heavy (non-hydrogen) atoms. The summed E-state index contributed by atoms with van der Waals surface area (Å²) in [5.74, 6) is 1.60. The van der Waals surface area contributed by atoms with Crippen molar-refractivity contribution >= 4 is 0 Å². The van der Waals surface area contributed by atoms with E-state index in [2.05, 4.69) is 11.9 Å². The highest BCUT2D eigenvalue weighted by atomic mass is 16.5. The predicted molar refractivity (Wildman–Crippen MR) is 70.1 cm³/mol. The van der Waals surface area contributed by atoms with Gasteiger partial charge in [-0.2, -0.15) is 0 Å². The van der Waals surface area contributed by atoms with Crippen molar-refractivity contribution in [2.45, 2.75) is 19.4 Å². The quantitative estimate of drug-likeness (QED) is 0.866. The standard InChI is InChI=1S/C14H22N2O/c1-11(15)13-5-3-4-6-14(13)17-10-12-7-8-16(2)9-12/h3-6,11-12H,7-10,15H2,1-2H3. The Kier molecular flexibility index (Phi) is 4.02. The van der Waals surface area contributed by atoms with Gasteiger partial charge < -0.3 is 15.4 Å². The zero-order valence-corrected chi connectivity index (χ0v) is 10.7. The molecular formula is C14H22N2O. The Morgan fingerprint density at radius 2 is 2.24 bits per heavy atom. The molecule has 2 unspecified atom stereocenters. The van der Waals surface area contributed by atoms with Gasteiger partial charge in [0.2, 0.25) is 0 Å². The lowest BCUT2D eigenvalue weighted by atomic mass is 10.1. The van der Waals surface area contributed by atoms with Crippen LogP contribution in [0.25, 0.3) is 0 Å². The van der Waals surface area contributed by atoms with E-state index in [1.165, 1.54) is 13.0 Å². The SMILES string of the molecule is CC(N)c1ccccc1OCC1CCN(C)C1. The number of nitrogens with zero attached hydrogens (tertiary/aromatic N) is 1. The second kappa shape index (κ2) is 5.52. The maximum atomic E-state index is 5.93. The third-order valence-electron chi connectivity index (χ3n) is 3.37. The van der Waals surface area contributed by atoms with Crippen LogP contribution in [0.5, 0.6) is 5.75 Å². The van der Waals surface area contributed by atoms with Gasteiger partial charge in [-0.3, -0.25) is 0 Å². The molecule has 2 atom stereocenters. The van der Waals surface area contributed by atoms with Crippen LogP contribution >= 0.6 is 0 Å². The van der Waals surface area contributed by atoms with Crippen molar-refractivity contribution in [3.63, 3.8) is 0 Å². The van der Waals surface area contributed by atoms with Crippen molar-refractivity contribution in [3.05, 3.63) is 29.8 Å². The average molecular weight is 234 g/mol. The molecule has 0 aliphatic carbocycles. The summed E-state index contributed by atoms with van der Waals surface area (Å²) in [5, 5.41) is 0. The highest BCUT2D eigenvalue weighted by molar-refractivity contribution is 5.35. The van der Waals surface area contributed by atoms with Crippen molar-refractivity contribution in [2.24, 2.45) is 11.7 Å². The first-order valence-electron chi connectivity index (χ1n) is 6.32. The van der Waals surface area contributed by atoms with Crippen molar-refractivity contribution in [3.8, 4) is 5.75 Å². The predicted octanol–water partition coefficient (Wildman–Crippen LogP) is 2.04.